The quantitative estimate of drug-likeness (QED) is 0.786. The Labute approximate surface area is 97.9 Å². The van der Waals surface area contributed by atoms with E-state index in [2.05, 4.69) is 5.10 Å². The van der Waals surface area contributed by atoms with Crippen molar-refractivity contribution in [1.29, 1.82) is 0 Å². The molecule has 0 bridgehead atoms. The van der Waals surface area contributed by atoms with Crippen molar-refractivity contribution in [2.75, 3.05) is 20.3 Å². The van der Waals surface area contributed by atoms with Gasteiger partial charge in [0.05, 0.1) is 26.0 Å². The van der Waals surface area contributed by atoms with Gasteiger partial charge in [-0.25, -0.2) is 4.68 Å². The second-order valence-electron chi connectivity index (χ2n) is 3.65. The highest BCUT2D eigenvalue weighted by Gasteiger charge is 2.20. The number of rotatable bonds is 2. The van der Waals surface area contributed by atoms with Gasteiger partial charge in [0, 0.05) is 6.61 Å². The summed E-state index contributed by atoms with van der Waals surface area (Å²) < 4.78 is 11.6. The maximum atomic E-state index is 11.9. The SMILES string of the molecule is COc1cnn([C@H]2CCCOC2)c(=O)c1Cl. The first kappa shape index (κ1) is 11.4. The van der Waals surface area contributed by atoms with E-state index >= 15 is 0 Å². The van der Waals surface area contributed by atoms with Gasteiger partial charge in [0.25, 0.3) is 5.56 Å². The van der Waals surface area contributed by atoms with E-state index in [1.54, 1.807) is 0 Å². The lowest BCUT2D eigenvalue weighted by Crippen LogP contribution is -2.32. The molecule has 0 spiro atoms. The topological polar surface area (TPSA) is 53.4 Å². The van der Waals surface area contributed by atoms with Crippen LogP contribution in [0, 0.1) is 0 Å². The minimum Gasteiger partial charge on any atom is -0.493 e. The predicted octanol–water partition coefficient (Wildman–Crippen LogP) is 1.26. The Balaban J connectivity index is 2.34. The van der Waals surface area contributed by atoms with Crippen LogP contribution in [-0.4, -0.2) is 30.1 Å². The van der Waals surface area contributed by atoms with Crippen molar-refractivity contribution in [2.24, 2.45) is 0 Å². The van der Waals surface area contributed by atoms with Crippen molar-refractivity contribution in [3.05, 3.63) is 21.6 Å². The number of hydrogen-bond donors (Lipinski definition) is 0. The largest absolute Gasteiger partial charge is 0.493 e. The lowest BCUT2D eigenvalue weighted by Gasteiger charge is -2.23. The van der Waals surface area contributed by atoms with Crippen LogP contribution in [0.1, 0.15) is 18.9 Å². The molecular weight excluding hydrogens is 232 g/mol. The number of ether oxygens (including phenoxy) is 2. The molecule has 6 heteroatoms. The third kappa shape index (κ3) is 2.05. The summed E-state index contributed by atoms with van der Waals surface area (Å²) in [6.45, 7) is 1.25. The summed E-state index contributed by atoms with van der Waals surface area (Å²) in [7, 11) is 1.45. The fraction of sp³-hybridized carbons (Fsp3) is 0.600. The summed E-state index contributed by atoms with van der Waals surface area (Å²) in [4.78, 5) is 11.9. The molecule has 2 rings (SSSR count). The average molecular weight is 245 g/mol. The van der Waals surface area contributed by atoms with E-state index < -0.39 is 0 Å². The molecule has 1 aromatic rings. The molecule has 1 aliphatic heterocycles. The monoisotopic (exact) mass is 244 g/mol. The standard InChI is InChI=1S/C10H13ClN2O3/c1-15-8-5-12-13(10(14)9(8)11)7-3-2-4-16-6-7/h5,7H,2-4,6H2,1H3/t7-/m0/s1. The summed E-state index contributed by atoms with van der Waals surface area (Å²) >= 11 is 5.88. The Morgan fingerprint density at radius 2 is 2.50 bits per heavy atom. The van der Waals surface area contributed by atoms with Gasteiger partial charge in [-0.3, -0.25) is 4.79 Å². The van der Waals surface area contributed by atoms with Crippen LogP contribution in [-0.2, 0) is 4.74 Å². The summed E-state index contributed by atoms with van der Waals surface area (Å²) in [6.07, 6.45) is 3.27. The molecule has 0 unspecified atom stereocenters. The molecule has 2 heterocycles. The van der Waals surface area contributed by atoms with Gasteiger partial charge in [0.15, 0.2) is 10.8 Å². The molecule has 0 N–H and O–H groups in total. The maximum absolute atomic E-state index is 11.9. The van der Waals surface area contributed by atoms with Gasteiger partial charge >= 0.3 is 0 Å². The number of methoxy groups -OCH3 is 1. The summed E-state index contributed by atoms with van der Waals surface area (Å²) in [5, 5.41) is 4.12. The Morgan fingerprint density at radius 1 is 1.69 bits per heavy atom. The summed E-state index contributed by atoms with van der Waals surface area (Å²) in [5.41, 5.74) is -0.323. The zero-order valence-electron chi connectivity index (χ0n) is 8.98. The van der Waals surface area contributed by atoms with E-state index in [0.29, 0.717) is 12.4 Å². The van der Waals surface area contributed by atoms with Gasteiger partial charge in [-0.1, -0.05) is 11.6 Å². The Bertz CT molecular complexity index is 427. The van der Waals surface area contributed by atoms with E-state index in [0.717, 1.165) is 19.4 Å². The minimum atomic E-state index is -0.323. The van der Waals surface area contributed by atoms with Crippen LogP contribution in [0.5, 0.6) is 5.75 Å². The number of nitrogens with zero attached hydrogens (tertiary/aromatic N) is 2. The van der Waals surface area contributed by atoms with Gasteiger partial charge in [-0.05, 0) is 12.8 Å². The van der Waals surface area contributed by atoms with E-state index in [1.165, 1.54) is 18.0 Å². The molecule has 16 heavy (non-hydrogen) atoms. The van der Waals surface area contributed by atoms with Crippen molar-refractivity contribution < 1.29 is 9.47 Å². The van der Waals surface area contributed by atoms with Crippen molar-refractivity contribution >= 4 is 11.6 Å². The predicted molar refractivity (Wildman–Crippen MR) is 59.1 cm³/mol. The molecule has 5 nitrogen and oxygen atoms in total. The van der Waals surface area contributed by atoms with Crippen LogP contribution in [0.25, 0.3) is 0 Å². The molecule has 1 atom stereocenters. The van der Waals surface area contributed by atoms with Crippen LogP contribution < -0.4 is 10.3 Å². The molecule has 1 aromatic heterocycles. The number of hydrogen-bond acceptors (Lipinski definition) is 4. The summed E-state index contributed by atoms with van der Waals surface area (Å²) in [6, 6.07) is -0.0235. The second kappa shape index (κ2) is 4.84. The Morgan fingerprint density at radius 3 is 3.12 bits per heavy atom. The lowest BCUT2D eigenvalue weighted by atomic mass is 10.1. The molecular formula is C10H13ClN2O3. The molecule has 0 aromatic carbocycles. The zero-order valence-corrected chi connectivity index (χ0v) is 9.74. The normalized spacial score (nSPS) is 20.8. The van der Waals surface area contributed by atoms with Crippen molar-refractivity contribution in [3.63, 3.8) is 0 Å². The van der Waals surface area contributed by atoms with Gasteiger partial charge in [0.1, 0.15) is 0 Å². The van der Waals surface area contributed by atoms with Crippen molar-refractivity contribution in [3.8, 4) is 5.75 Å². The highest BCUT2D eigenvalue weighted by molar-refractivity contribution is 6.31. The van der Waals surface area contributed by atoms with Gasteiger partial charge in [-0.15, -0.1) is 0 Å². The Hall–Kier alpha value is -1.07. The molecule has 0 aliphatic carbocycles. The van der Waals surface area contributed by atoms with E-state index in [9.17, 15) is 4.79 Å². The van der Waals surface area contributed by atoms with E-state index in [4.69, 9.17) is 21.1 Å². The van der Waals surface area contributed by atoms with Crippen molar-refractivity contribution in [2.45, 2.75) is 18.9 Å². The van der Waals surface area contributed by atoms with E-state index in [-0.39, 0.29) is 16.6 Å². The molecule has 1 aliphatic rings. The minimum absolute atomic E-state index is 0.0235. The molecule has 1 fully saturated rings. The fourth-order valence-electron chi connectivity index (χ4n) is 1.75. The second-order valence-corrected chi connectivity index (χ2v) is 4.03. The average Bonchev–Trinajstić information content (AvgIpc) is 2.34. The van der Waals surface area contributed by atoms with Crippen LogP contribution in [0.3, 0.4) is 0 Å². The number of aromatic nitrogens is 2. The lowest BCUT2D eigenvalue weighted by molar-refractivity contribution is 0.0530. The molecule has 0 amide bonds. The van der Waals surface area contributed by atoms with Crippen LogP contribution in [0.15, 0.2) is 11.0 Å². The Kier molecular flexibility index (Phi) is 3.46. The first-order valence-corrected chi connectivity index (χ1v) is 5.51. The third-order valence-electron chi connectivity index (χ3n) is 2.61. The first-order valence-electron chi connectivity index (χ1n) is 5.13. The van der Waals surface area contributed by atoms with Gasteiger partial charge in [0.2, 0.25) is 0 Å². The first-order chi connectivity index (χ1) is 7.74. The third-order valence-corrected chi connectivity index (χ3v) is 2.96. The van der Waals surface area contributed by atoms with Gasteiger partial charge in [-0.2, -0.15) is 5.10 Å². The van der Waals surface area contributed by atoms with E-state index in [1.807, 2.05) is 0 Å². The van der Waals surface area contributed by atoms with Crippen LogP contribution in [0.2, 0.25) is 5.02 Å². The highest BCUT2D eigenvalue weighted by Crippen LogP contribution is 2.21. The highest BCUT2D eigenvalue weighted by atomic mass is 35.5. The maximum Gasteiger partial charge on any atom is 0.289 e. The van der Waals surface area contributed by atoms with Gasteiger partial charge < -0.3 is 9.47 Å². The fourth-order valence-corrected chi connectivity index (χ4v) is 1.96. The zero-order chi connectivity index (χ0) is 11.5. The number of halogens is 1. The molecule has 0 radical (unpaired) electrons. The van der Waals surface area contributed by atoms with Crippen molar-refractivity contribution in [1.82, 2.24) is 9.78 Å². The molecule has 0 saturated carbocycles. The molecule has 88 valence electrons. The smallest absolute Gasteiger partial charge is 0.289 e. The summed E-state index contributed by atoms with van der Waals surface area (Å²) in [5.74, 6) is 0.305. The van der Waals surface area contributed by atoms with Crippen LogP contribution >= 0.6 is 11.6 Å². The molecule has 1 saturated heterocycles. The van der Waals surface area contributed by atoms with Crippen LogP contribution in [0.4, 0.5) is 0 Å².